The van der Waals surface area contributed by atoms with Crippen LogP contribution in [0.5, 0.6) is 11.5 Å². The molecule has 2 aromatic carbocycles. The molecule has 0 aromatic heterocycles. The Morgan fingerprint density at radius 2 is 1.85 bits per heavy atom. The fourth-order valence-electron chi connectivity index (χ4n) is 5.90. The van der Waals surface area contributed by atoms with E-state index in [2.05, 4.69) is 10.6 Å². The predicted octanol–water partition coefficient (Wildman–Crippen LogP) is 0.912. The summed E-state index contributed by atoms with van der Waals surface area (Å²) >= 11 is 0. The highest BCUT2D eigenvalue weighted by molar-refractivity contribution is 5.99. The highest BCUT2D eigenvalue weighted by atomic mass is 19.1. The molecule has 14 heteroatoms. The zero-order chi connectivity index (χ0) is 35.0. The molecule has 5 amide bonds. The Hall–Kier alpha value is -4.72. The van der Waals surface area contributed by atoms with Crippen molar-refractivity contribution in [1.29, 1.82) is 0 Å². The van der Waals surface area contributed by atoms with Gasteiger partial charge in [-0.1, -0.05) is 12.1 Å². The molecule has 13 nitrogen and oxygen atoms in total. The number of nitrogens with one attached hydrogen (secondary N) is 2. The van der Waals surface area contributed by atoms with E-state index in [4.69, 9.17) is 9.47 Å². The molecular weight excluding hydrogens is 623 g/mol. The predicted molar refractivity (Wildman–Crippen MR) is 175 cm³/mol. The Balaban J connectivity index is 1.56. The van der Waals surface area contributed by atoms with Gasteiger partial charge in [-0.3, -0.25) is 24.0 Å². The molecule has 1 saturated heterocycles. The van der Waals surface area contributed by atoms with Crippen LogP contribution in [-0.4, -0.2) is 135 Å². The van der Waals surface area contributed by atoms with Crippen molar-refractivity contribution in [3.8, 4) is 11.5 Å². The average molecular weight is 669 g/mol. The number of hydrogen-bond acceptors (Lipinski definition) is 8. The van der Waals surface area contributed by atoms with E-state index in [0.29, 0.717) is 25.3 Å². The van der Waals surface area contributed by atoms with Gasteiger partial charge < -0.3 is 39.7 Å². The van der Waals surface area contributed by atoms with Crippen molar-refractivity contribution in [3.63, 3.8) is 0 Å². The highest BCUT2D eigenvalue weighted by Crippen LogP contribution is 2.26. The first kappa shape index (κ1) is 36.1. The number of rotatable bonds is 8. The number of carbonyl (C=O) groups is 5. The SMILES string of the molecule is COc1cccc(CC(=O)N[C@H]2C[C@H]3COc4ccc(F)cc4C(=O)N(C)[C@H](C(=O)NCCN(C)C)CCC(=O)N(C)CC(=O)N3C2)c1. The van der Waals surface area contributed by atoms with Crippen LogP contribution in [0.1, 0.15) is 35.2 Å². The molecule has 4 rings (SSSR count). The van der Waals surface area contributed by atoms with Gasteiger partial charge in [-0.05, 0) is 62.8 Å². The second-order valence-corrected chi connectivity index (χ2v) is 12.5. The summed E-state index contributed by atoms with van der Waals surface area (Å²) in [6.07, 6.45) is 0.328. The number of amides is 5. The highest BCUT2D eigenvalue weighted by Gasteiger charge is 2.38. The standard InChI is InChI=1S/C34H45FN6O7/c1-38(2)14-13-36-33(45)28-10-12-31(43)39(3)20-32(44)41-19-24(37-30(42)16-22-7-6-8-26(15-22)47-5)18-25(41)21-48-29-11-9-23(35)17-27(29)34(46)40(28)4/h6-9,11,15,17,24-25,28H,10,12-14,16,18-21H2,1-5H3,(H,36,45)(H,37,42)/t24-,25-,28-/m0/s1. The van der Waals surface area contributed by atoms with Crippen molar-refractivity contribution in [2.75, 3.05) is 68.1 Å². The summed E-state index contributed by atoms with van der Waals surface area (Å²) in [4.78, 5) is 72.8. The topological polar surface area (TPSA) is 141 Å². The summed E-state index contributed by atoms with van der Waals surface area (Å²) in [6.45, 7) is 0.782. The maximum atomic E-state index is 14.5. The Morgan fingerprint density at radius 3 is 2.58 bits per heavy atom. The normalized spacial score (nSPS) is 20.8. The summed E-state index contributed by atoms with van der Waals surface area (Å²) in [7, 11) is 8.21. The molecule has 48 heavy (non-hydrogen) atoms. The van der Waals surface area contributed by atoms with Gasteiger partial charge in [-0.15, -0.1) is 0 Å². The first-order valence-electron chi connectivity index (χ1n) is 15.9. The summed E-state index contributed by atoms with van der Waals surface area (Å²) in [5, 5.41) is 5.81. The van der Waals surface area contributed by atoms with Gasteiger partial charge in [0.25, 0.3) is 5.91 Å². The fraction of sp³-hybridized carbons (Fsp3) is 0.500. The maximum absolute atomic E-state index is 14.5. The van der Waals surface area contributed by atoms with Gasteiger partial charge in [0.15, 0.2) is 0 Å². The third-order valence-electron chi connectivity index (χ3n) is 8.58. The van der Waals surface area contributed by atoms with Crippen molar-refractivity contribution >= 4 is 29.5 Å². The van der Waals surface area contributed by atoms with Crippen LogP contribution in [0.3, 0.4) is 0 Å². The molecule has 1 fully saturated rings. The molecule has 2 aliphatic rings. The van der Waals surface area contributed by atoms with E-state index >= 15 is 0 Å². The number of hydrogen-bond donors (Lipinski definition) is 2. The minimum atomic E-state index is -1.04. The zero-order valence-electron chi connectivity index (χ0n) is 28.2. The number of nitrogens with zero attached hydrogens (tertiary/aromatic N) is 4. The molecule has 260 valence electrons. The third-order valence-corrected chi connectivity index (χ3v) is 8.58. The Labute approximate surface area is 280 Å². The number of ether oxygens (including phenoxy) is 2. The number of likely N-dealkylation sites (N-methyl/N-ethyl adjacent to an activating group) is 3. The van der Waals surface area contributed by atoms with Crippen LogP contribution in [0.15, 0.2) is 42.5 Å². The zero-order valence-corrected chi connectivity index (χ0v) is 28.2. The quantitative estimate of drug-likeness (QED) is 0.423. The summed E-state index contributed by atoms with van der Waals surface area (Å²) < 4.78 is 25.8. The van der Waals surface area contributed by atoms with Crippen molar-refractivity contribution < 1.29 is 37.8 Å². The van der Waals surface area contributed by atoms with E-state index in [9.17, 15) is 28.4 Å². The number of carbonyl (C=O) groups excluding carboxylic acids is 5. The lowest BCUT2D eigenvalue weighted by atomic mass is 10.1. The molecule has 0 unspecified atom stereocenters. The molecule has 2 heterocycles. The molecule has 2 N–H and O–H groups in total. The lowest BCUT2D eigenvalue weighted by molar-refractivity contribution is -0.140. The van der Waals surface area contributed by atoms with E-state index < -0.39 is 35.8 Å². The number of fused-ring (bicyclic) bond motifs is 2. The second-order valence-electron chi connectivity index (χ2n) is 12.5. The lowest BCUT2D eigenvalue weighted by Gasteiger charge is -2.28. The minimum absolute atomic E-state index is 0.0212. The summed E-state index contributed by atoms with van der Waals surface area (Å²) in [6, 6.07) is 8.79. The van der Waals surface area contributed by atoms with E-state index in [1.807, 2.05) is 25.1 Å². The van der Waals surface area contributed by atoms with Crippen LogP contribution in [0.4, 0.5) is 4.39 Å². The number of methoxy groups -OCH3 is 1. The number of benzene rings is 2. The van der Waals surface area contributed by atoms with E-state index in [1.165, 1.54) is 36.0 Å². The van der Waals surface area contributed by atoms with Crippen molar-refractivity contribution in [1.82, 2.24) is 30.2 Å². The van der Waals surface area contributed by atoms with Crippen LogP contribution in [0, 0.1) is 5.82 Å². The van der Waals surface area contributed by atoms with Crippen LogP contribution in [-0.2, 0) is 25.6 Å². The van der Waals surface area contributed by atoms with Gasteiger partial charge in [0.1, 0.15) is 30.0 Å². The molecule has 3 atom stereocenters. The van der Waals surface area contributed by atoms with Crippen molar-refractivity contribution in [2.24, 2.45) is 0 Å². The molecule has 0 aliphatic carbocycles. The molecule has 0 bridgehead atoms. The van der Waals surface area contributed by atoms with Gasteiger partial charge in [0.05, 0.1) is 31.7 Å². The van der Waals surface area contributed by atoms with E-state index in [0.717, 1.165) is 11.6 Å². The Kier molecular flexibility index (Phi) is 12.3. The van der Waals surface area contributed by atoms with Crippen LogP contribution in [0.2, 0.25) is 0 Å². The van der Waals surface area contributed by atoms with Gasteiger partial charge in [0, 0.05) is 46.2 Å². The second kappa shape index (κ2) is 16.4. The van der Waals surface area contributed by atoms with Gasteiger partial charge >= 0.3 is 0 Å². The van der Waals surface area contributed by atoms with Gasteiger partial charge in [-0.2, -0.15) is 0 Å². The molecule has 2 aromatic rings. The van der Waals surface area contributed by atoms with E-state index in [1.54, 1.807) is 30.2 Å². The van der Waals surface area contributed by atoms with Crippen LogP contribution in [0.25, 0.3) is 0 Å². The Bertz CT molecular complexity index is 1500. The largest absolute Gasteiger partial charge is 0.497 e. The smallest absolute Gasteiger partial charge is 0.258 e. The third kappa shape index (κ3) is 9.43. The maximum Gasteiger partial charge on any atom is 0.258 e. The molecule has 0 saturated carbocycles. The molecular formula is C34H45FN6O7. The summed E-state index contributed by atoms with van der Waals surface area (Å²) in [5.74, 6) is -2.02. The number of halogens is 1. The molecule has 0 radical (unpaired) electrons. The van der Waals surface area contributed by atoms with Crippen molar-refractivity contribution in [3.05, 3.63) is 59.4 Å². The average Bonchev–Trinajstić information content (AvgIpc) is 3.45. The van der Waals surface area contributed by atoms with E-state index in [-0.39, 0.29) is 68.0 Å². The van der Waals surface area contributed by atoms with Crippen LogP contribution >= 0.6 is 0 Å². The fourth-order valence-corrected chi connectivity index (χ4v) is 5.90. The Morgan fingerprint density at radius 1 is 1.08 bits per heavy atom. The van der Waals surface area contributed by atoms with Gasteiger partial charge in [0.2, 0.25) is 23.6 Å². The van der Waals surface area contributed by atoms with Crippen molar-refractivity contribution in [2.45, 2.75) is 43.8 Å². The summed E-state index contributed by atoms with van der Waals surface area (Å²) in [5.41, 5.74) is 0.673. The van der Waals surface area contributed by atoms with Crippen LogP contribution < -0.4 is 20.1 Å². The van der Waals surface area contributed by atoms with Gasteiger partial charge in [-0.25, -0.2) is 4.39 Å². The molecule has 2 aliphatic heterocycles. The molecule has 0 spiro atoms. The monoisotopic (exact) mass is 668 g/mol. The first-order valence-corrected chi connectivity index (χ1v) is 15.9. The lowest BCUT2D eigenvalue weighted by Crippen LogP contribution is -2.49. The minimum Gasteiger partial charge on any atom is -0.497 e. The first-order chi connectivity index (χ1) is 22.9.